The number of unbranched alkanes of at least 4 members (excludes halogenated alkanes) is 7. The molecule has 0 aromatic rings. The predicted octanol–water partition coefficient (Wildman–Crippen LogP) is 4.30. The normalized spacial score (nSPS) is 13.1. The topological polar surface area (TPSA) is 222 Å². The van der Waals surface area contributed by atoms with Crippen LogP contribution in [0.4, 0.5) is 0 Å². The number of ketones is 2. The van der Waals surface area contributed by atoms with Crippen molar-refractivity contribution in [2.45, 2.75) is 171 Å². The van der Waals surface area contributed by atoms with Gasteiger partial charge < -0.3 is 51.5 Å². The van der Waals surface area contributed by atoms with E-state index in [4.69, 9.17) is 0 Å². The number of amides is 6. The van der Waals surface area contributed by atoms with E-state index in [1.54, 1.807) is 0 Å². The van der Waals surface area contributed by atoms with Crippen molar-refractivity contribution in [1.29, 1.82) is 0 Å². The van der Waals surface area contributed by atoms with Crippen LogP contribution in [-0.2, 0) is 38.4 Å². The van der Waals surface area contributed by atoms with Crippen LogP contribution < -0.4 is 31.9 Å². The van der Waals surface area contributed by atoms with Crippen molar-refractivity contribution in [3.05, 3.63) is 0 Å². The third kappa shape index (κ3) is 33.7. The molecule has 18 heteroatoms. The molecule has 0 aliphatic rings. The highest BCUT2D eigenvalue weighted by molar-refractivity contribution is 5.98. The van der Waals surface area contributed by atoms with Crippen LogP contribution in [0, 0.1) is 17.8 Å². The number of rotatable bonds is 47. The van der Waals surface area contributed by atoms with Gasteiger partial charge in [-0.25, -0.2) is 0 Å². The van der Waals surface area contributed by atoms with Crippen LogP contribution in [0.5, 0.6) is 0 Å². The van der Waals surface area contributed by atoms with Crippen molar-refractivity contribution >= 4 is 47.0 Å². The van der Waals surface area contributed by atoms with E-state index in [2.05, 4.69) is 93.0 Å². The molecule has 0 aliphatic carbocycles. The van der Waals surface area contributed by atoms with E-state index >= 15 is 0 Å². The number of likely N-dealkylation sites (N-methyl/N-ethyl adjacent to an activating group) is 4. The molecule has 0 saturated carbocycles. The molecule has 72 heavy (non-hydrogen) atoms. The van der Waals surface area contributed by atoms with E-state index in [0.717, 1.165) is 110 Å². The zero-order valence-electron chi connectivity index (χ0n) is 47.0. The van der Waals surface area contributed by atoms with Gasteiger partial charge in [-0.2, -0.15) is 0 Å². The first-order valence-electron chi connectivity index (χ1n) is 28.0. The molecule has 0 rings (SSSR count). The highest BCUT2D eigenvalue weighted by Gasteiger charge is 2.33. The highest BCUT2D eigenvalue weighted by Crippen LogP contribution is 2.19. The summed E-state index contributed by atoms with van der Waals surface area (Å²) in [6, 6.07) is -1.34. The molecule has 418 valence electrons. The minimum Gasteiger partial charge on any atom is -0.356 e. The molecule has 6 amide bonds. The Morgan fingerprint density at radius 2 is 0.778 bits per heavy atom. The fraction of sp³-hybridized carbons (Fsp3) is 0.852. The molecule has 0 aliphatic heterocycles. The molecule has 0 bridgehead atoms. The molecule has 4 atom stereocenters. The van der Waals surface area contributed by atoms with Crippen LogP contribution in [0.3, 0.4) is 0 Å². The number of nitrogens with zero attached hydrogens (tertiary/aromatic N) is 4. The molecule has 0 aromatic heterocycles. The van der Waals surface area contributed by atoms with Crippen molar-refractivity contribution in [3.8, 4) is 0 Å². The van der Waals surface area contributed by atoms with Gasteiger partial charge in [0.15, 0.2) is 5.78 Å². The summed E-state index contributed by atoms with van der Waals surface area (Å²) in [6.07, 6.45) is 7.53. The first-order valence-corrected chi connectivity index (χ1v) is 28.0. The van der Waals surface area contributed by atoms with E-state index in [9.17, 15) is 38.4 Å². The zero-order chi connectivity index (χ0) is 54.1. The Bertz CT molecular complexity index is 1530. The maximum atomic E-state index is 14.4. The minimum absolute atomic E-state index is 0.202. The van der Waals surface area contributed by atoms with Gasteiger partial charge in [0.25, 0.3) is 0 Å². The number of hydrogen-bond acceptors (Lipinski definition) is 12. The molecule has 0 spiro atoms. The third-order valence-electron chi connectivity index (χ3n) is 13.5. The Labute approximate surface area is 436 Å². The second-order valence-electron chi connectivity index (χ2n) is 19.6. The summed E-state index contributed by atoms with van der Waals surface area (Å²) in [5, 5.41) is 17.2. The molecule has 0 aromatic carbocycles. The van der Waals surface area contributed by atoms with Gasteiger partial charge >= 0.3 is 0 Å². The fourth-order valence-electron chi connectivity index (χ4n) is 8.28. The highest BCUT2D eigenvalue weighted by atomic mass is 16.2. The van der Waals surface area contributed by atoms with Crippen molar-refractivity contribution in [3.63, 3.8) is 0 Å². The monoisotopic (exact) mass is 1020 g/mol. The minimum atomic E-state index is -1.34. The van der Waals surface area contributed by atoms with E-state index in [1.165, 1.54) is 0 Å². The SMILES string of the molecule is CCCCCCNC(=O)CC(NC(=O)CC(CC)C(=O)NCCCCCC)C(=O)CC(CC(=O)CC(CC(=O)NCCN(C)CCN(CC)CC)C(=O)NCCCC)C(=O)NCCN(C)CCN(CC)CC. The Hall–Kier alpha value is -4.00. The van der Waals surface area contributed by atoms with Crippen molar-refractivity contribution in [1.82, 2.24) is 51.5 Å². The molecule has 0 saturated heterocycles. The second-order valence-corrected chi connectivity index (χ2v) is 19.6. The first-order chi connectivity index (χ1) is 34.5. The molecular formula is C54H104N10O8. The van der Waals surface area contributed by atoms with E-state index in [1.807, 2.05) is 27.9 Å². The first kappa shape index (κ1) is 68.0. The summed E-state index contributed by atoms with van der Waals surface area (Å²) < 4.78 is 0. The van der Waals surface area contributed by atoms with E-state index in [0.29, 0.717) is 52.1 Å². The maximum absolute atomic E-state index is 14.4. The smallest absolute Gasteiger partial charge is 0.224 e. The molecule has 6 N–H and O–H groups in total. The average molecular weight is 1020 g/mol. The zero-order valence-corrected chi connectivity index (χ0v) is 47.0. The quantitative estimate of drug-likeness (QED) is 0.0471. The molecule has 0 heterocycles. The van der Waals surface area contributed by atoms with Gasteiger partial charge in [-0.15, -0.1) is 0 Å². The van der Waals surface area contributed by atoms with Crippen LogP contribution in [-0.4, -0.2) is 185 Å². The van der Waals surface area contributed by atoms with Crippen LogP contribution >= 0.6 is 0 Å². The summed E-state index contributed by atoms with van der Waals surface area (Å²) in [4.78, 5) is 118. The molecule has 0 radical (unpaired) electrons. The molecule has 18 nitrogen and oxygen atoms in total. The maximum Gasteiger partial charge on any atom is 0.224 e. The predicted molar refractivity (Wildman–Crippen MR) is 289 cm³/mol. The van der Waals surface area contributed by atoms with Crippen LogP contribution in [0.15, 0.2) is 0 Å². The van der Waals surface area contributed by atoms with Gasteiger partial charge in [-0.3, -0.25) is 38.4 Å². The van der Waals surface area contributed by atoms with Crippen molar-refractivity contribution in [2.75, 3.05) is 112 Å². The van der Waals surface area contributed by atoms with E-state index in [-0.39, 0.29) is 44.0 Å². The number of nitrogens with one attached hydrogen (secondary N) is 6. The molecule has 0 fully saturated rings. The Balaban J connectivity index is 6.53. The van der Waals surface area contributed by atoms with E-state index < -0.39 is 71.8 Å². The third-order valence-corrected chi connectivity index (χ3v) is 13.5. The summed E-state index contributed by atoms with van der Waals surface area (Å²) in [6.45, 7) is 26.5. The van der Waals surface area contributed by atoms with Gasteiger partial charge in [0.1, 0.15) is 5.78 Å². The Morgan fingerprint density at radius 1 is 0.375 bits per heavy atom. The Kier molecular flexibility index (Phi) is 41.0. The summed E-state index contributed by atoms with van der Waals surface area (Å²) in [5.41, 5.74) is 0. The van der Waals surface area contributed by atoms with Gasteiger partial charge in [0, 0.05) is 110 Å². The van der Waals surface area contributed by atoms with Crippen LogP contribution in [0.25, 0.3) is 0 Å². The number of Topliss-reactive ketones (excluding diaryl/α,β-unsaturated/α-hetero) is 2. The number of hydrogen-bond donors (Lipinski definition) is 6. The lowest BCUT2D eigenvalue weighted by atomic mass is 9.88. The summed E-state index contributed by atoms with van der Waals surface area (Å²) >= 11 is 0. The summed E-state index contributed by atoms with van der Waals surface area (Å²) in [5.74, 6) is -6.60. The second kappa shape index (κ2) is 43.4. The van der Waals surface area contributed by atoms with Crippen molar-refractivity contribution in [2.24, 2.45) is 17.8 Å². The lowest BCUT2D eigenvalue weighted by Gasteiger charge is -2.24. The standard InChI is InChI=1S/C54H104N10O8/c1-11-19-22-24-27-55-50(68)42-47(60-51(69)40-43(14-4)52(70)58-28-25-23-20-12-2)48(66)39-44(53(71)59-30-32-62(10)34-36-64(17-7)18-8)37-46(65)38-45(54(72)57-26-21-13-3)41-49(67)56-29-31-61(9)33-35-63(15-5)16-6/h43-45,47H,11-42H2,1-10H3,(H,55,68)(H,56,67)(H,57,72)(H,58,70)(H,59,71)(H,60,69). The van der Waals surface area contributed by atoms with Gasteiger partial charge in [-0.1, -0.05) is 100 Å². The number of carbonyl (C=O) groups is 8. The van der Waals surface area contributed by atoms with Gasteiger partial charge in [0.05, 0.1) is 24.3 Å². The lowest BCUT2D eigenvalue weighted by molar-refractivity contribution is -0.136. The van der Waals surface area contributed by atoms with Gasteiger partial charge in [-0.05, 0) is 66.0 Å². The number of carbonyl (C=O) groups excluding carboxylic acids is 8. The summed E-state index contributed by atoms with van der Waals surface area (Å²) in [7, 11) is 3.94. The average Bonchev–Trinajstić information content (AvgIpc) is 3.35. The molecular weight excluding hydrogens is 917 g/mol. The Morgan fingerprint density at radius 3 is 1.26 bits per heavy atom. The largest absolute Gasteiger partial charge is 0.356 e. The van der Waals surface area contributed by atoms with Gasteiger partial charge in [0.2, 0.25) is 35.4 Å². The van der Waals surface area contributed by atoms with Crippen molar-refractivity contribution < 1.29 is 38.4 Å². The lowest BCUT2D eigenvalue weighted by Crippen LogP contribution is -2.47. The van der Waals surface area contributed by atoms with Crippen LogP contribution in [0.1, 0.15) is 165 Å². The van der Waals surface area contributed by atoms with Crippen LogP contribution in [0.2, 0.25) is 0 Å². The molecule has 4 unspecified atom stereocenters. The fourth-order valence-corrected chi connectivity index (χ4v) is 8.28.